The highest BCUT2D eigenvalue weighted by atomic mass is 32.2. The highest BCUT2D eigenvalue weighted by molar-refractivity contribution is 7.99. The molecule has 0 bridgehead atoms. The first-order valence-corrected chi connectivity index (χ1v) is 12.8. The maximum absolute atomic E-state index is 13.1. The summed E-state index contributed by atoms with van der Waals surface area (Å²) in [6.45, 7) is 9.72. The number of hydrogen-bond donors (Lipinski definition) is 0. The highest BCUT2D eigenvalue weighted by Crippen LogP contribution is 2.39. The van der Waals surface area contributed by atoms with Crippen LogP contribution in [0.15, 0.2) is 64.4 Å². The van der Waals surface area contributed by atoms with Crippen molar-refractivity contribution in [3.05, 3.63) is 60.7 Å². The lowest BCUT2D eigenvalue weighted by Crippen LogP contribution is -2.23. The van der Waals surface area contributed by atoms with E-state index in [0.29, 0.717) is 23.5 Å². The summed E-state index contributed by atoms with van der Waals surface area (Å²) in [5.41, 5.74) is 1.34. The maximum atomic E-state index is 13.1. The number of aryl methyl sites for hydroxylation is 1. The lowest BCUT2D eigenvalue weighted by molar-refractivity contribution is -0.274. The predicted molar refractivity (Wildman–Crippen MR) is 137 cm³/mol. The Kier molecular flexibility index (Phi) is 9.17. The van der Waals surface area contributed by atoms with Gasteiger partial charge in [-0.1, -0.05) is 46.3 Å². The van der Waals surface area contributed by atoms with Crippen molar-refractivity contribution in [2.24, 2.45) is 5.41 Å². The van der Waals surface area contributed by atoms with Crippen LogP contribution in [0.5, 0.6) is 5.75 Å². The van der Waals surface area contributed by atoms with Crippen molar-refractivity contribution >= 4 is 28.7 Å². The first kappa shape index (κ1) is 27.7. The molecule has 1 aromatic heterocycles. The van der Waals surface area contributed by atoms with Crippen LogP contribution < -0.4 is 4.74 Å². The molecule has 0 fully saturated rings. The normalized spacial score (nSPS) is 12.1. The Labute approximate surface area is 213 Å². The molecule has 3 rings (SSSR count). The number of fused-ring (bicyclic) bond motifs is 1. The van der Waals surface area contributed by atoms with E-state index in [1.807, 2.05) is 38.1 Å². The van der Waals surface area contributed by atoms with E-state index >= 15 is 0 Å². The van der Waals surface area contributed by atoms with Crippen LogP contribution in [-0.2, 0) is 16.0 Å². The number of benzene rings is 2. The van der Waals surface area contributed by atoms with Gasteiger partial charge in [-0.3, -0.25) is 0 Å². The number of thioether (sulfide) groups is 1. The topological polar surface area (TPSA) is 48.7 Å². The standard InChI is InChI=1S/C28H31F3O4S/c1-5-7-8-9-19-10-13-22(25(14-19)35-28(29,30)31)24-15-20-11-12-21(16-23(20)34-24)36-18-27(3,4)17-33-26(32)6-2/h6,10-16H,2,5,7-9,17-18H2,1,3-4H3. The van der Waals surface area contributed by atoms with E-state index in [-0.39, 0.29) is 23.3 Å². The number of hydrogen-bond acceptors (Lipinski definition) is 5. The van der Waals surface area contributed by atoms with Crippen molar-refractivity contribution < 1.29 is 31.9 Å². The molecule has 0 atom stereocenters. The third kappa shape index (κ3) is 8.08. The fourth-order valence-corrected chi connectivity index (χ4v) is 4.59. The SMILES string of the molecule is C=CC(=O)OCC(C)(C)CSc1ccc2cc(-c3ccc(CCCCC)cc3OC(F)(F)F)oc2c1. The number of esters is 1. The molecule has 0 N–H and O–H groups in total. The van der Waals surface area contributed by atoms with E-state index in [1.54, 1.807) is 23.9 Å². The molecule has 0 saturated heterocycles. The predicted octanol–water partition coefficient (Wildman–Crippen LogP) is 8.58. The fourth-order valence-electron chi connectivity index (χ4n) is 3.59. The molecule has 2 aromatic carbocycles. The second-order valence-corrected chi connectivity index (χ2v) is 10.5. The van der Waals surface area contributed by atoms with Gasteiger partial charge in [-0.15, -0.1) is 24.9 Å². The van der Waals surface area contributed by atoms with Crippen LogP contribution in [0.4, 0.5) is 13.2 Å². The average molecular weight is 521 g/mol. The number of carbonyl (C=O) groups is 1. The summed E-state index contributed by atoms with van der Waals surface area (Å²) in [5.74, 6) is 0.268. The summed E-state index contributed by atoms with van der Waals surface area (Å²) in [5, 5.41) is 0.776. The van der Waals surface area contributed by atoms with Gasteiger partial charge in [0.1, 0.15) is 17.1 Å². The minimum Gasteiger partial charge on any atom is -0.462 e. The molecule has 8 heteroatoms. The Hall–Kier alpha value is -2.87. The fraction of sp³-hybridized carbons (Fsp3) is 0.393. The molecule has 0 aliphatic carbocycles. The number of alkyl halides is 3. The van der Waals surface area contributed by atoms with Crippen LogP contribution in [0.2, 0.25) is 0 Å². The molecule has 36 heavy (non-hydrogen) atoms. The van der Waals surface area contributed by atoms with Gasteiger partial charge in [0, 0.05) is 27.5 Å². The molecule has 4 nitrogen and oxygen atoms in total. The van der Waals surface area contributed by atoms with Crippen LogP contribution >= 0.6 is 11.8 Å². The van der Waals surface area contributed by atoms with Crippen molar-refractivity contribution in [1.82, 2.24) is 0 Å². The quantitative estimate of drug-likeness (QED) is 0.104. The van der Waals surface area contributed by atoms with Crippen LogP contribution in [0.3, 0.4) is 0 Å². The zero-order valence-electron chi connectivity index (χ0n) is 20.7. The lowest BCUT2D eigenvalue weighted by Gasteiger charge is -2.23. The van der Waals surface area contributed by atoms with Gasteiger partial charge in [-0.05, 0) is 54.8 Å². The van der Waals surface area contributed by atoms with Gasteiger partial charge in [0.2, 0.25) is 0 Å². The molecule has 0 aliphatic rings. The monoisotopic (exact) mass is 520 g/mol. The van der Waals surface area contributed by atoms with Crippen LogP contribution in [0, 0.1) is 5.41 Å². The minimum absolute atomic E-state index is 0.252. The molecule has 0 saturated carbocycles. The van der Waals surface area contributed by atoms with Crippen molar-refractivity contribution in [1.29, 1.82) is 0 Å². The lowest BCUT2D eigenvalue weighted by atomic mass is 9.98. The van der Waals surface area contributed by atoms with Gasteiger partial charge in [0.05, 0.1) is 12.2 Å². The molecule has 3 aromatic rings. The molecule has 0 amide bonds. The Morgan fingerprint density at radius 2 is 1.89 bits per heavy atom. The van der Waals surface area contributed by atoms with Crippen LogP contribution in [-0.4, -0.2) is 24.7 Å². The van der Waals surface area contributed by atoms with E-state index in [2.05, 4.69) is 18.2 Å². The number of furan rings is 1. The molecule has 0 spiro atoms. The summed E-state index contributed by atoms with van der Waals surface area (Å²) < 4.78 is 54.9. The Balaban J connectivity index is 1.81. The van der Waals surface area contributed by atoms with Gasteiger partial charge in [0.15, 0.2) is 0 Å². The number of carbonyl (C=O) groups excluding carboxylic acids is 1. The molecule has 0 radical (unpaired) electrons. The van der Waals surface area contributed by atoms with Crippen molar-refractivity contribution in [2.45, 2.75) is 57.7 Å². The van der Waals surface area contributed by atoms with Gasteiger partial charge in [-0.25, -0.2) is 4.79 Å². The molecule has 194 valence electrons. The van der Waals surface area contributed by atoms with E-state index in [1.165, 1.54) is 6.07 Å². The van der Waals surface area contributed by atoms with E-state index in [4.69, 9.17) is 9.15 Å². The Morgan fingerprint density at radius 3 is 2.58 bits per heavy atom. The van der Waals surface area contributed by atoms with Crippen LogP contribution in [0.1, 0.15) is 45.6 Å². The minimum atomic E-state index is -4.81. The zero-order valence-corrected chi connectivity index (χ0v) is 21.6. The Morgan fingerprint density at radius 1 is 1.11 bits per heavy atom. The third-order valence-electron chi connectivity index (χ3n) is 5.50. The average Bonchev–Trinajstić information content (AvgIpc) is 3.24. The Bertz CT molecular complexity index is 1200. The maximum Gasteiger partial charge on any atom is 0.573 e. The molecular weight excluding hydrogens is 489 g/mol. The molecule has 0 unspecified atom stereocenters. The van der Waals surface area contributed by atoms with Crippen LogP contribution in [0.25, 0.3) is 22.3 Å². The van der Waals surface area contributed by atoms with Gasteiger partial charge < -0.3 is 13.9 Å². The summed E-state index contributed by atoms with van der Waals surface area (Å²) in [4.78, 5) is 12.3. The number of ether oxygens (including phenoxy) is 2. The largest absolute Gasteiger partial charge is 0.573 e. The third-order valence-corrected chi connectivity index (χ3v) is 7.01. The summed E-state index contributed by atoms with van der Waals surface area (Å²) in [7, 11) is 0. The second-order valence-electron chi connectivity index (χ2n) is 9.41. The smallest absolute Gasteiger partial charge is 0.462 e. The van der Waals surface area contributed by atoms with Crippen molar-refractivity contribution in [2.75, 3.05) is 12.4 Å². The summed E-state index contributed by atoms with van der Waals surface area (Å²) in [6.07, 6.45) is -0.0376. The summed E-state index contributed by atoms with van der Waals surface area (Å²) in [6, 6.07) is 12.3. The van der Waals surface area contributed by atoms with Gasteiger partial charge in [0.25, 0.3) is 0 Å². The molecular formula is C28H31F3O4S. The number of unbranched alkanes of at least 4 members (excludes halogenated alkanes) is 2. The zero-order chi connectivity index (χ0) is 26.3. The second kappa shape index (κ2) is 11.9. The highest BCUT2D eigenvalue weighted by Gasteiger charge is 2.33. The van der Waals surface area contributed by atoms with Crippen molar-refractivity contribution in [3.63, 3.8) is 0 Å². The molecule has 1 heterocycles. The first-order valence-electron chi connectivity index (χ1n) is 11.8. The number of rotatable bonds is 12. The molecule has 0 aliphatic heterocycles. The van der Waals surface area contributed by atoms with Gasteiger partial charge in [-0.2, -0.15) is 0 Å². The van der Waals surface area contributed by atoms with E-state index in [9.17, 15) is 18.0 Å². The van der Waals surface area contributed by atoms with E-state index in [0.717, 1.165) is 41.2 Å². The van der Waals surface area contributed by atoms with Crippen molar-refractivity contribution in [3.8, 4) is 17.1 Å². The van der Waals surface area contributed by atoms with E-state index < -0.39 is 12.3 Å². The summed E-state index contributed by atoms with van der Waals surface area (Å²) >= 11 is 1.58. The number of halogens is 3. The first-order chi connectivity index (χ1) is 17.0. The van der Waals surface area contributed by atoms with Gasteiger partial charge >= 0.3 is 12.3 Å².